The van der Waals surface area contributed by atoms with Crippen molar-refractivity contribution in [2.24, 2.45) is 5.92 Å². The summed E-state index contributed by atoms with van der Waals surface area (Å²) in [6, 6.07) is 0.335. The standard InChI is InChI=1S/C11H18BrN3O/c1-7(2)4-5-8(3)14-9-6-13-15-11(16)10(9)12/h6-8H,4-5H2,1-3H3,(H2,14,15,16). The van der Waals surface area contributed by atoms with Gasteiger partial charge >= 0.3 is 0 Å². The Hall–Kier alpha value is -0.840. The van der Waals surface area contributed by atoms with Gasteiger partial charge in [0, 0.05) is 6.04 Å². The fourth-order valence-electron chi connectivity index (χ4n) is 1.41. The second kappa shape index (κ2) is 6.03. The van der Waals surface area contributed by atoms with Crippen LogP contribution in [0.3, 0.4) is 0 Å². The van der Waals surface area contributed by atoms with Gasteiger partial charge in [0.05, 0.1) is 11.9 Å². The zero-order chi connectivity index (χ0) is 12.1. The number of nitrogens with one attached hydrogen (secondary N) is 2. The average Bonchev–Trinajstić information content (AvgIpc) is 2.22. The smallest absolute Gasteiger partial charge is 0.280 e. The Bertz CT molecular complexity index is 389. The van der Waals surface area contributed by atoms with Crippen LogP contribution in [0, 0.1) is 5.92 Å². The highest BCUT2D eigenvalue weighted by molar-refractivity contribution is 9.10. The zero-order valence-corrected chi connectivity index (χ0v) is 11.5. The Morgan fingerprint density at radius 2 is 2.12 bits per heavy atom. The molecular formula is C11H18BrN3O. The van der Waals surface area contributed by atoms with Crippen molar-refractivity contribution in [2.45, 2.75) is 39.7 Å². The molecular weight excluding hydrogens is 270 g/mol. The van der Waals surface area contributed by atoms with Crippen LogP contribution < -0.4 is 10.9 Å². The molecule has 16 heavy (non-hydrogen) atoms. The predicted molar refractivity (Wildman–Crippen MR) is 69.7 cm³/mol. The van der Waals surface area contributed by atoms with Crippen molar-refractivity contribution in [2.75, 3.05) is 5.32 Å². The van der Waals surface area contributed by atoms with E-state index in [0.717, 1.165) is 12.1 Å². The number of halogens is 1. The lowest BCUT2D eigenvalue weighted by Crippen LogP contribution is -2.19. The molecule has 90 valence electrons. The first-order chi connectivity index (χ1) is 7.50. The predicted octanol–water partition coefficient (Wildman–Crippen LogP) is 2.77. The Kier molecular flexibility index (Phi) is 4.99. The van der Waals surface area contributed by atoms with Gasteiger partial charge in [-0.15, -0.1) is 0 Å². The van der Waals surface area contributed by atoms with Crippen LogP contribution in [0.25, 0.3) is 0 Å². The number of anilines is 1. The van der Waals surface area contributed by atoms with Crippen LogP contribution in [0.4, 0.5) is 5.69 Å². The summed E-state index contributed by atoms with van der Waals surface area (Å²) in [5, 5.41) is 9.41. The Morgan fingerprint density at radius 1 is 1.44 bits per heavy atom. The maximum atomic E-state index is 11.3. The molecule has 1 aromatic rings. The third kappa shape index (κ3) is 3.96. The fraction of sp³-hybridized carbons (Fsp3) is 0.636. The number of hydrogen-bond acceptors (Lipinski definition) is 3. The molecule has 1 rings (SSSR count). The van der Waals surface area contributed by atoms with Crippen molar-refractivity contribution in [1.29, 1.82) is 0 Å². The second-order valence-corrected chi connectivity index (χ2v) is 5.24. The molecule has 0 saturated carbocycles. The van der Waals surface area contributed by atoms with Crippen molar-refractivity contribution in [3.8, 4) is 0 Å². The van der Waals surface area contributed by atoms with Gasteiger partial charge in [0.15, 0.2) is 0 Å². The van der Waals surface area contributed by atoms with E-state index in [9.17, 15) is 4.79 Å². The molecule has 1 heterocycles. The maximum absolute atomic E-state index is 11.3. The molecule has 1 aromatic heterocycles. The molecule has 0 aliphatic rings. The molecule has 2 N–H and O–H groups in total. The third-order valence-corrected chi connectivity index (χ3v) is 3.16. The van der Waals surface area contributed by atoms with Gasteiger partial charge in [-0.1, -0.05) is 13.8 Å². The van der Waals surface area contributed by atoms with Gasteiger partial charge in [-0.3, -0.25) is 4.79 Å². The molecule has 0 bridgehead atoms. The van der Waals surface area contributed by atoms with Crippen LogP contribution >= 0.6 is 15.9 Å². The fourth-order valence-corrected chi connectivity index (χ4v) is 1.71. The highest BCUT2D eigenvalue weighted by Gasteiger charge is 2.08. The Labute approximate surface area is 104 Å². The molecule has 0 aliphatic heterocycles. The summed E-state index contributed by atoms with van der Waals surface area (Å²) in [6.45, 7) is 6.52. The Balaban J connectivity index is 2.59. The van der Waals surface area contributed by atoms with Crippen LogP contribution in [0.5, 0.6) is 0 Å². The van der Waals surface area contributed by atoms with Gasteiger partial charge in [-0.25, -0.2) is 5.10 Å². The molecule has 1 unspecified atom stereocenters. The highest BCUT2D eigenvalue weighted by atomic mass is 79.9. The number of hydrogen-bond donors (Lipinski definition) is 2. The van der Waals surface area contributed by atoms with E-state index < -0.39 is 0 Å². The van der Waals surface area contributed by atoms with Crippen LogP contribution in [-0.4, -0.2) is 16.2 Å². The summed E-state index contributed by atoms with van der Waals surface area (Å²) in [6.07, 6.45) is 3.87. The van der Waals surface area contributed by atoms with Gasteiger partial charge in [0.1, 0.15) is 4.47 Å². The average molecular weight is 288 g/mol. The van der Waals surface area contributed by atoms with Gasteiger partial charge in [-0.2, -0.15) is 5.10 Å². The summed E-state index contributed by atoms with van der Waals surface area (Å²) in [5.41, 5.74) is 0.543. The molecule has 0 radical (unpaired) electrons. The SMILES string of the molecule is CC(C)CCC(C)Nc1cn[nH]c(=O)c1Br. The normalized spacial score (nSPS) is 12.8. The van der Waals surface area contributed by atoms with Crippen molar-refractivity contribution in [3.05, 3.63) is 21.0 Å². The number of aromatic amines is 1. The van der Waals surface area contributed by atoms with E-state index in [4.69, 9.17) is 0 Å². The van der Waals surface area contributed by atoms with Gasteiger partial charge in [-0.05, 0) is 41.6 Å². The van der Waals surface area contributed by atoms with Gasteiger partial charge in [0.2, 0.25) is 0 Å². The monoisotopic (exact) mass is 287 g/mol. The number of H-pyrrole nitrogens is 1. The molecule has 0 amide bonds. The van der Waals surface area contributed by atoms with E-state index in [2.05, 4.69) is 52.2 Å². The van der Waals surface area contributed by atoms with Crippen LogP contribution in [0.15, 0.2) is 15.5 Å². The molecule has 4 nitrogen and oxygen atoms in total. The number of rotatable bonds is 5. The molecule has 0 aliphatic carbocycles. The van der Waals surface area contributed by atoms with Crippen LogP contribution in [0.2, 0.25) is 0 Å². The van der Waals surface area contributed by atoms with Gasteiger partial charge < -0.3 is 5.32 Å². The summed E-state index contributed by atoms with van der Waals surface area (Å²) in [4.78, 5) is 11.3. The summed E-state index contributed by atoms with van der Waals surface area (Å²) >= 11 is 3.24. The molecule has 0 saturated heterocycles. The van der Waals surface area contributed by atoms with E-state index in [0.29, 0.717) is 16.4 Å². The first-order valence-corrected chi connectivity index (χ1v) is 6.29. The molecule has 0 aromatic carbocycles. The highest BCUT2D eigenvalue weighted by Crippen LogP contribution is 2.18. The minimum Gasteiger partial charge on any atom is -0.380 e. The van der Waals surface area contributed by atoms with Crippen LogP contribution in [-0.2, 0) is 0 Å². The number of aromatic nitrogens is 2. The lowest BCUT2D eigenvalue weighted by molar-refractivity contribution is 0.527. The first kappa shape index (κ1) is 13.2. The lowest BCUT2D eigenvalue weighted by atomic mass is 10.0. The van der Waals surface area contributed by atoms with Crippen molar-refractivity contribution in [1.82, 2.24) is 10.2 Å². The Morgan fingerprint density at radius 3 is 2.75 bits per heavy atom. The molecule has 0 spiro atoms. The lowest BCUT2D eigenvalue weighted by Gasteiger charge is -2.16. The topological polar surface area (TPSA) is 57.8 Å². The van der Waals surface area contributed by atoms with E-state index >= 15 is 0 Å². The summed E-state index contributed by atoms with van der Waals surface area (Å²) in [7, 11) is 0. The van der Waals surface area contributed by atoms with Crippen molar-refractivity contribution < 1.29 is 0 Å². The quantitative estimate of drug-likeness (QED) is 0.876. The molecule has 0 fully saturated rings. The van der Waals surface area contributed by atoms with E-state index in [1.165, 1.54) is 6.42 Å². The second-order valence-electron chi connectivity index (χ2n) is 4.44. The van der Waals surface area contributed by atoms with Crippen molar-refractivity contribution >= 4 is 21.6 Å². The zero-order valence-electron chi connectivity index (χ0n) is 9.88. The minimum absolute atomic E-state index is 0.207. The van der Waals surface area contributed by atoms with E-state index in [1.807, 2.05) is 0 Å². The molecule has 1 atom stereocenters. The molecule has 5 heteroatoms. The summed E-state index contributed by atoms with van der Waals surface area (Å²) in [5.74, 6) is 0.699. The third-order valence-electron chi connectivity index (χ3n) is 2.37. The van der Waals surface area contributed by atoms with E-state index in [-0.39, 0.29) is 5.56 Å². The summed E-state index contributed by atoms with van der Waals surface area (Å²) < 4.78 is 0.513. The van der Waals surface area contributed by atoms with Crippen LogP contribution in [0.1, 0.15) is 33.6 Å². The van der Waals surface area contributed by atoms with Crippen molar-refractivity contribution in [3.63, 3.8) is 0 Å². The number of nitrogens with zero attached hydrogens (tertiary/aromatic N) is 1. The van der Waals surface area contributed by atoms with Gasteiger partial charge in [0.25, 0.3) is 5.56 Å². The minimum atomic E-state index is -0.207. The largest absolute Gasteiger partial charge is 0.380 e. The van der Waals surface area contributed by atoms with E-state index in [1.54, 1.807) is 6.20 Å². The first-order valence-electron chi connectivity index (χ1n) is 5.50. The maximum Gasteiger partial charge on any atom is 0.280 e.